The number of aromatic nitrogens is 2. The molecule has 0 bridgehead atoms. The van der Waals surface area contributed by atoms with E-state index in [-0.39, 0.29) is 27.8 Å². The molecule has 5 rings (SSSR count). The molecule has 9 heteroatoms. The smallest absolute Gasteiger partial charge is 0.253 e. The molecule has 0 aliphatic heterocycles. The van der Waals surface area contributed by atoms with Crippen LogP contribution in [0.4, 0.5) is 0 Å². The van der Waals surface area contributed by atoms with E-state index < -0.39 is 9.84 Å². The van der Waals surface area contributed by atoms with Crippen molar-refractivity contribution in [3.63, 3.8) is 0 Å². The summed E-state index contributed by atoms with van der Waals surface area (Å²) < 4.78 is 29.2. The molecule has 2 aliphatic rings. The summed E-state index contributed by atoms with van der Waals surface area (Å²) in [6.07, 6.45) is 7.52. The van der Waals surface area contributed by atoms with Crippen LogP contribution in [0.5, 0.6) is 0 Å². The van der Waals surface area contributed by atoms with Gasteiger partial charge in [0.2, 0.25) is 0 Å². The second-order valence-corrected chi connectivity index (χ2v) is 11.0. The fourth-order valence-corrected chi connectivity index (χ4v) is 5.45. The van der Waals surface area contributed by atoms with Gasteiger partial charge < -0.3 is 9.73 Å². The standard InChI is InChI=1S/C21H20ClN3O4S/c1-30(27,28)16-4-12(10-23-11-16)19(26)24-15-8-21(9-15)6-13(7-21)20-25-17-5-14(22)2-3-18(17)29-20/h2-5,10-11,13,15H,6-9H2,1H3,(H,24,26). The summed E-state index contributed by atoms with van der Waals surface area (Å²) in [5.41, 5.74) is 2.02. The monoisotopic (exact) mass is 445 g/mol. The minimum absolute atomic E-state index is 0.0432. The summed E-state index contributed by atoms with van der Waals surface area (Å²) in [5.74, 6) is 0.761. The number of nitrogens with zero attached hydrogens (tertiary/aromatic N) is 2. The van der Waals surface area contributed by atoms with Gasteiger partial charge in [-0.05, 0) is 55.4 Å². The van der Waals surface area contributed by atoms with Gasteiger partial charge in [0.05, 0.1) is 10.5 Å². The van der Waals surface area contributed by atoms with Crippen LogP contribution in [-0.2, 0) is 9.84 Å². The Morgan fingerprint density at radius 1 is 1.20 bits per heavy atom. The van der Waals surface area contributed by atoms with Crippen LogP contribution in [0.25, 0.3) is 11.1 Å². The molecule has 30 heavy (non-hydrogen) atoms. The highest BCUT2D eigenvalue weighted by Gasteiger charge is 2.54. The molecule has 156 valence electrons. The van der Waals surface area contributed by atoms with Gasteiger partial charge in [-0.2, -0.15) is 0 Å². The molecule has 1 N–H and O–H groups in total. The van der Waals surface area contributed by atoms with E-state index in [0.717, 1.165) is 48.9 Å². The van der Waals surface area contributed by atoms with Gasteiger partial charge in [-0.1, -0.05) is 11.6 Å². The van der Waals surface area contributed by atoms with Crippen LogP contribution in [0.1, 0.15) is 47.8 Å². The van der Waals surface area contributed by atoms with Gasteiger partial charge >= 0.3 is 0 Å². The lowest BCUT2D eigenvalue weighted by Crippen LogP contribution is -2.55. The third-order valence-electron chi connectivity index (χ3n) is 6.17. The fourth-order valence-electron chi connectivity index (χ4n) is 4.69. The van der Waals surface area contributed by atoms with Gasteiger partial charge in [0.1, 0.15) is 5.52 Å². The third-order valence-corrected chi connectivity index (χ3v) is 7.49. The van der Waals surface area contributed by atoms with Gasteiger partial charge in [0.25, 0.3) is 5.91 Å². The Morgan fingerprint density at radius 2 is 1.97 bits per heavy atom. The molecule has 0 atom stereocenters. The molecule has 0 saturated heterocycles. The topological polar surface area (TPSA) is 102 Å². The largest absolute Gasteiger partial charge is 0.440 e. The molecule has 2 heterocycles. The summed E-state index contributed by atoms with van der Waals surface area (Å²) in [6.45, 7) is 0. The van der Waals surface area contributed by atoms with Crippen molar-refractivity contribution >= 4 is 38.4 Å². The number of carbonyl (C=O) groups is 1. The van der Waals surface area contributed by atoms with Crippen LogP contribution < -0.4 is 5.32 Å². The fraction of sp³-hybridized carbons (Fsp3) is 0.381. The van der Waals surface area contributed by atoms with Gasteiger partial charge in [-0.15, -0.1) is 0 Å². The Labute approximate surface area is 178 Å². The lowest BCUT2D eigenvalue weighted by Gasteiger charge is -2.57. The summed E-state index contributed by atoms with van der Waals surface area (Å²) in [4.78, 5) is 21.0. The molecule has 7 nitrogen and oxygen atoms in total. The van der Waals surface area contributed by atoms with Crippen molar-refractivity contribution in [1.29, 1.82) is 0 Å². The first-order valence-electron chi connectivity index (χ1n) is 9.73. The summed E-state index contributed by atoms with van der Waals surface area (Å²) in [6, 6.07) is 6.89. The highest BCUT2D eigenvalue weighted by atomic mass is 35.5. The predicted octanol–water partition coefficient (Wildman–Crippen LogP) is 3.74. The van der Waals surface area contributed by atoms with E-state index >= 15 is 0 Å². The number of pyridine rings is 1. The van der Waals surface area contributed by atoms with Crippen LogP contribution in [0.3, 0.4) is 0 Å². The third kappa shape index (κ3) is 3.48. The van der Waals surface area contributed by atoms with E-state index in [1.165, 1.54) is 18.5 Å². The number of fused-ring (bicyclic) bond motifs is 1. The van der Waals surface area contributed by atoms with Crippen molar-refractivity contribution in [1.82, 2.24) is 15.3 Å². The molecule has 1 aromatic carbocycles. The maximum Gasteiger partial charge on any atom is 0.253 e. The average molecular weight is 446 g/mol. The van der Waals surface area contributed by atoms with Gasteiger partial charge in [-0.25, -0.2) is 13.4 Å². The van der Waals surface area contributed by atoms with Crippen molar-refractivity contribution in [3.05, 3.63) is 53.1 Å². The van der Waals surface area contributed by atoms with Crippen molar-refractivity contribution in [2.45, 2.75) is 42.5 Å². The molecule has 2 aliphatic carbocycles. The Morgan fingerprint density at radius 3 is 2.70 bits per heavy atom. The minimum atomic E-state index is -3.40. The predicted molar refractivity (Wildman–Crippen MR) is 111 cm³/mol. The molecule has 1 amide bonds. The van der Waals surface area contributed by atoms with Crippen molar-refractivity contribution in [2.75, 3.05) is 6.26 Å². The Kier molecular flexibility index (Phi) is 4.41. The average Bonchev–Trinajstić information content (AvgIpc) is 3.04. The number of benzene rings is 1. The number of carbonyl (C=O) groups excluding carboxylic acids is 1. The lowest BCUT2D eigenvalue weighted by molar-refractivity contribution is -0.0253. The number of halogens is 1. The zero-order chi connectivity index (χ0) is 21.1. The Hall–Kier alpha value is -2.45. The van der Waals surface area contributed by atoms with Crippen LogP contribution in [0.15, 0.2) is 46.0 Å². The van der Waals surface area contributed by atoms with Crippen LogP contribution in [0.2, 0.25) is 5.02 Å². The molecule has 0 unspecified atom stereocenters. The van der Waals surface area contributed by atoms with Crippen molar-refractivity contribution in [2.24, 2.45) is 5.41 Å². The highest BCUT2D eigenvalue weighted by molar-refractivity contribution is 7.90. The Balaban J connectivity index is 1.18. The number of rotatable bonds is 4. The first-order chi connectivity index (χ1) is 14.2. The van der Waals surface area contributed by atoms with Crippen molar-refractivity contribution in [3.8, 4) is 0 Å². The van der Waals surface area contributed by atoms with Crippen LogP contribution in [0, 0.1) is 5.41 Å². The first-order valence-corrected chi connectivity index (χ1v) is 12.0. The van der Waals surface area contributed by atoms with Gasteiger partial charge in [0.15, 0.2) is 21.3 Å². The van der Waals surface area contributed by atoms with Crippen LogP contribution >= 0.6 is 11.6 Å². The lowest BCUT2D eigenvalue weighted by atomic mass is 9.50. The maximum absolute atomic E-state index is 12.5. The molecular weight excluding hydrogens is 426 g/mol. The maximum atomic E-state index is 12.5. The molecule has 1 spiro atoms. The molecule has 3 aromatic rings. The zero-order valence-electron chi connectivity index (χ0n) is 16.3. The number of amides is 1. The molecule has 2 aromatic heterocycles. The normalized spacial score (nSPS) is 25.7. The zero-order valence-corrected chi connectivity index (χ0v) is 17.8. The molecule has 2 fully saturated rings. The number of hydrogen-bond donors (Lipinski definition) is 1. The van der Waals surface area contributed by atoms with Crippen molar-refractivity contribution < 1.29 is 17.6 Å². The van der Waals surface area contributed by atoms with Gasteiger partial charge in [-0.3, -0.25) is 9.78 Å². The number of oxazole rings is 1. The van der Waals surface area contributed by atoms with E-state index in [9.17, 15) is 13.2 Å². The van der Waals surface area contributed by atoms with E-state index in [1.807, 2.05) is 6.07 Å². The van der Waals surface area contributed by atoms with E-state index in [2.05, 4.69) is 15.3 Å². The quantitative estimate of drug-likeness (QED) is 0.656. The van der Waals surface area contributed by atoms with E-state index in [4.69, 9.17) is 16.0 Å². The highest BCUT2D eigenvalue weighted by Crippen LogP contribution is 2.61. The Bertz CT molecular complexity index is 1260. The van der Waals surface area contributed by atoms with Gasteiger partial charge in [0, 0.05) is 35.6 Å². The number of hydrogen-bond acceptors (Lipinski definition) is 6. The van der Waals surface area contributed by atoms with E-state index in [0.29, 0.717) is 10.9 Å². The first kappa shape index (κ1) is 19.5. The van der Waals surface area contributed by atoms with E-state index in [1.54, 1.807) is 12.1 Å². The summed E-state index contributed by atoms with van der Waals surface area (Å²) >= 11 is 6.02. The van der Waals surface area contributed by atoms with Crippen LogP contribution in [-0.4, -0.2) is 36.6 Å². The summed E-state index contributed by atoms with van der Waals surface area (Å²) in [5, 5.41) is 3.63. The second kappa shape index (κ2) is 6.78. The number of nitrogens with one attached hydrogen (secondary N) is 1. The molecular formula is C21H20ClN3O4S. The number of sulfone groups is 1. The molecule has 0 radical (unpaired) electrons. The second-order valence-electron chi connectivity index (χ2n) is 8.53. The molecule has 2 saturated carbocycles. The SMILES string of the molecule is CS(=O)(=O)c1cncc(C(=O)NC2CC3(C2)CC(c2nc4cc(Cl)ccc4o2)C3)c1. The minimum Gasteiger partial charge on any atom is -0.440 e. The summed E-state index contributed by atoms with van der Waals surface area (Å²) in [7, 11) is -3.40.